The van der Waals surface area contributed by atoms with Crippen LogP contribution in [0.4, 0.5) is 0 Å². The molecule has 0 N–H and O–H groups in total. The van der Waals surface area contributed by atoms with Gasteiger partial charge < -0.3 is 28.1 Å². The highest BCUT2D eigenvalue weighted by molar-refractivity contribution is 6.74. The number of methoxy groups -OCH3 is 1. The predicted molar refractivity (Wildman–Crippen MR) is 139 cm³/mol. The van der Waals surface area contributed by atoms with E-state index in [9.17, 15) is 9.59 Å². The first-order chi connectivity index (χ1) is 16.7. The van der Waals surface area contributed by atoms with Crippen LogP contribution in [0.15, 0.2) is 42.0 Å². The van der Waals surface area contributed by atoms with Gasteiger partial charge in [0.1, 0.15) is 18.3 Å². The summed E-state index contributed by atoms with van der Waals surface area (Å²) in [5.41, 5.74) is 1.06. The van der Waals surface area contributed by atoms with E-state index in [4.69, 9.17) is 28.1 Å². The summed E-state index contributed by atoms with van der Waals surface area (Å²) in [5, 5.41) is -0.176. The van der Waals surface area contributed by atoms with Gasteiger partial charge in [0.25, 0.3) is 0 Å². The van der Waals surface area contributed by atoms with Gasteiger partial charge in [0.15, 0.2) is 14.1 Å². The smallest absolute Gasteiger partial charge is 0.336 e. The topological polar surface area (TPSA) is 89.5 Å². The Morgan fingerprint density at radius 1 is 1.14 bits per heavy atom. The van der Waals surface area contributed by atoms with E-state index in [-0.39, 0.29) is 23.8 Å². The Hall–Kier alpha value is -2.04. The van der Waals surface area contributed by atoms with E-state index in [0.717, 1.165) is 11.6 Å². The molecule has 0 saturated carbocycles. The van der Waals surface area contributed by atoms with Crippen molar-refractivity contribution < 1.29 is 37.7 Å². The van der Waals surface area contributed by atoms with E-state index in [1.807, 2.05) is 30.3 Å². The molecule has 0 aliphatic carbocycles. The third-order valence-electron chi connectivity index (χ3n) is 6.43. The summed E-state index contributed by atoms with van der Waals surface area (Å²) in [5.74, 6) is -2.30. The Labute approximate surface area is 216 Å². The van der Waals surface area contributed by atoms with E-state index >= 15 is 0 Å². The maximum Gasteiger partial charge on any atom is 0.336 e. The van der Waals surface area contributed by atoms with Crippen LogP contribution in [0.2, 0.25) is 18.1 Å². The van der Waals surface area contributed by atoms with Gasteiger partial charge in [0.2, 0.25) is 0 Å². The van der Waals surface area contributed by atoms with Crippen molar-refractivity contribution in [3.8, 4) is 0 Å². The fraction of sp³-hybridized carbons (Fsp3) is 0.630. The van der Waals surface area contributed by atoms with E-state index in [1.54, 1.807) is 20.8 Å². The SMILES string of the molecule is CCOC(=O)/C(=C\C(=O)OC)C(O[Si](C)(C)C(C)(C)C)[C@@H]1OC(C)(C)O[C@H]1COCc1ccccc1. The number of rotatable bonds is 11. The maximum atomic E-state index is 13.1. The molecule has 1 aromatic carbocycles. The molecule has 1 aliphatic rings. The number of hydrogen-bond donors (Lipinski definition) is 0. The Kier molecular flexibility index (Phi) is 10.5. The predicted octanol–water partition coefficient (Wildman–Crippen LogP) is 4.78. The quantitative estimate of drug-likeness (QED) is 0.233. The summed E-state index contributed by atoms with van der Waals surface area (Å²) in [6, 6.07) is 9.81. The molecule has 1 unspecified atom stereocenters. The van der Waals surface area contributed by atoms with Crippen molar-refractivity contribution >= 4 is 20.3 Å². The highest BCUT2D eigenvalue weighted by atomic mass is 28.4. The number of carbonyl (C=O) groups is 2. The minimum atomic E-state index is -2.47. The molecule has 0 bridgehead atoms. The number of carbonyl (C=O) groups excluding carboxylic acids is 2. The molecular weight excluding hydrogens is 480 g/mol. The fourth-order valence-corrected chi connectivity index (χ4v) is 4.82. The third kappa shape index (κ3) is 8.24. The third-order valence-corrected chi connectivity index (χ3v) is 10.9. The Bertz CT molecular complexity index is 904. The molecule has 0 amide bonds. The second-order valence-electron chi connectivity index (χ2n) is 10.8. The van der Waals surface area contributed by atoms with Crippen molar-refractivity contribution in [2.45, 2.75) is 90.4 Å². The summed E-state index contributed by atoms with van der Waals surface area (Å²) < 4.78 is 35.4. The van der Waals surface area contributed by atoms with Crippen LogP contribution < -0.4 is 0 Å². The van der Waals surface area contributed by atoms with Crippen LogP contribution in [0, 0.1) is 0 Å². The van der Waals surface area contributed by atoms with Crippen LogP contribution in [0.3, 0.4) is 0 Å². The van der Waals surface area contributed by atoms with Gasteiger partial charge in [-0.25, -0.2) is 9.59 Å². The zero-order chi connectivity index (χ0) is 27.1. The molecule has 1 saturated heterocycles. The summed E-state index contributed by atoms with van der Waals surface area (Å²) in [6.45, 7) is 16.5. The molecule has 8 nitrogen and oxygen atoms in total. The lowest BCUT2D eigenvalue weighted by atomic mass is 10.00. The first kappa shape index (κ1) is 30.2. The summed E-state index contributed by atoms with van der Waals surface area (Å²) in [7, 11) is -1.21. The molecule has 1 aliphatic heterocycles. The van der Waals surface area contributed by atoms with E-state index in [1.165, 1.54) is 7.11 Å². The Morgan fingerprint density at radius 3 is 2.33 bits per heavy atom. The van der Waals surface area contributed by atoms with Gasteiger partial charge in [-0.15, -0.1) is 0 Å². The molecule has 1 aromatic rings. The van der Waals surface area contributed by atoms with Crippen molar-refractivity contribution in [3.63, 3.8) is 0 Å². The van der Waals surface area contributed by atoms with Crippen LogP contribution in [-0.2, 0) is 44.3 Å². The molecule has 1 heterocycles. The van der Waals surface area contributed by atoms with E-state index < -0.39 is 44.4 Å². The fourth-order valence-electron chi connectivity index (χ4n) is 3.58. The normalized spacial score (nSPS) is 21.2. The number of benzene rings is 1. The molecule has 1 fully saturated rings. The van der Waals surface area contributed by atoms with Gasteiger partial charge in [-0.3, -0.25) is 0 Å². The molecule has 0 spiro atoms. The summed E-state index contributed by atoms with van der Waals surface area (Å²) >= 11 is 0. The van der Waals surface area contributed by atoms with Gasteiger partial charge in [0.05, 0.1) is 32.5 Å². The lowest BCUT2D eigenvalue weighted by Crippen LogP contribution is -2.51. The standard InChI is InChI=1S/C27H42O8Si/c1-10-32-25(29)20(16-22(28)30-7)23(35-36(8,9)26(2,3)4)24-21(33-27(5,6)34-24)18-31-17-19-14-12-11-13-15-19/h11-16,21,23-24H,10,17-18H2,1-9H3/b20-16-/t21-,23?,24+/m0/s1. The van der Waals surface area contributed by atoms with E-state index in [2.05, 4.69) is 33.9 Å². The minimum Gasteiger partial charge on any atom is -0.466 e. The lowest BCUT2D eigenvalue weighted by molar-refractivity contribution is -0.157. The van der Waals surface area contributed by atoms with Crippen LogP contribution in [-0.4, -0.2) is 64.7 Å². The molecular formula is C27H42O8Si. The molecule has 3 atom stereocenters. The number of ether oxygens (including phenoxy) is 5. The van der Waals surface area contributed by atoms with Crippen LogP contribution >= 0.6 is 0 Å². The molecule has 9 heteroatoms. The minimum absolute atomic E-state index is 0.0351. The number of hydrogen-bond acceptors (Lipinski definition) is 8. The second-order valence-corrected chi connectivity index (χ2v) is 15.5. The first-order valence-corrected chi connectivity index (χ1v) is 15.2. The van der Waals surface area contributed by atoms with Crippen LogP contribution in [0.5, 0.6) is 0 Å². The van der Waals surface area contributed by atoms with Crippen molar-refractivity contribution in [2.24, 2.45) is 0 Å². The van der Waals surface area contributed by atoms with Gasteiger partial charge in [-0.05, 0) is 44.5 Å². The highest BCUT2D eigenvalue weighted by Crippen LogP contribution is 2.41. The van der Waals surface area contributed by atoms with Crippen LogP contribution in [0.25, 0.3) is 0 Å². The molecule has 202 valence electrons. The monoisotopic (exact) mass is 522 g/mol. The van der Waals surface area contributed by atoms with Gasteiger partial charge in [-0.2, -0.15) is 0 Å². The highest BCUT2D eigenvalue weighted by Gasteiger charge is 2.51. The first-order valence-electron chi connectivity index (χ1n) is 12.3. The number of esters is 2. The van der Waals surface area contributed by atoms with Gasteiger partial charge in [0, 0.05) is 6.08 Å². The zero-order valence-electron chi connectivity index (χ0n) is 23.1. The maximum absolute atomic E-state index is 13.1. The molecule has 2 rings (SSSR count). The second kappa shape index (κ2) is 12.5. The average molecular weight is 523 g/mol. The zero-order valence-corrected chi connectivity index (χ0v) is 24.1. The Balaban J connectivity index is 2.46. The van der Waals surface area contributed by atoms with Gasteiger partial charge >= 0.3 is 11.9 Å². The van der Waals surface area contributed by atoms with Crippen molar-refractivity contribution in [3.05, 3.63) is 47.5 Å². The summed E-state index contributed by atoms with van der Waals surface area (Å²) in [6.07, 6.45) is -1.10. The lowest BCUT2D eigenvalue weighted by Gasteiger charge is -2.41. The van der Waals surface area contributed by atoms with Crippen molar-refractivity contribution in [1.82, 2.24) is 0 Å². The van der Waals surface area contributed by atoms with Crippen molar-refractivity contribution in [1.29, 1.82) is 0 Å². The molecule has 0 aromatic heterocycles. The Morgan fingerprint density at radius 2 is 1.78 bits per heavy atom. The molecule has 0 radical (unpaired) electrons. The molecule has 36 heavy (non-hydrogen) atoms. The van der Waals surface area contributed by atoms with Crippen molar-refractivity contribution in [2.75, 3.05) is 20.3 Å². The summed E-state index contributed by atoms with van der Waals surface area (Å²) in [4.78, 5) is 25.4. The largest absolute Gasteiger partial charge is 0.466 e. The average Bonchev–Trinajstić information content (AvgIpc) is 3.10. The van der Waals surface area contributed by atoms with Crippen LogP contribution in [0.1, 0.15) is 47.1 Å². The van der Waals surface area contributed by atoms with E-state index in [0.29, 0.717) is 6.61 Å². The van der Waals surface area contributed by atoms with Gasteiger partial charge in [-0.1, -0.05) is 51.1 Å².